The van der Waals surface area contributed by atoms with E-state index in [0.717, 1.165) is 24.0 Å². The van der Waals surface area contributed by atoms with Crippen molar-refractivity contribution < 1.29 is 22.8 Å². The molecule has 0 amide bonds. The van der Waals surface area contributed by atoms with Gasteiger partial charge in [-0.1, -0.05) is 29.4 Å². The molecule has 9 heteroatoms. The van der Waals surface area contributed by atoms with Crippen LogP contribution in [-0.2, 0) is 21.5 Å². The molecule has 0 bridgehead atoms. The quantitative estimate of drug-likeness (QED) is 0.474. The molecule has 5 rings (SSSR count). The van der Waals surface area contributed by atoms with Crippen molar-refractivity contribution in [3.05, 3.63) is 53.0 Å². The molecule has 0 radical (unpaired) electrons. The number of halogens is 2. The molecule has 168 valence electrons. The van der Waals surface area contributed by atoms with Crippen molar-refractivity contribution in [2.45, 2.75) is 57.9 Å². The van der Waals surface area contributed by atoms with Gasteiger partial charge in [0.1, 0.15) is 11.4 Å². The van der Waals surface area contributed by atoms with E-state index < -0.39 is 11.8 Å². The van der Waals surface area contributed by atoms with E-state index in [4.69, 9.17) is 9.26 Å². The molecule has 3 aromatic rings. The van der Waals surface area contributed by atoms with Crippen LogP contribution < -0.4 is 0 Å². The molecule has 0 saturated heterocycles. The van der Waals surface area contributed by atoms with Crippen LogP contribution in [0.1, 0.15) is 61.7 Å². The summed E-state index contributed by atoms with van der Waals surface area (Å²) in [6.07, 6.45) is 0.285. The topological polar surface area (TPSA) is 83.0 Å². The summed E-state index contributed by atoms with van der Waals surface area (Å²) in [6, 6.07) is 9.34. The molecular weight excluding hydrogens is 418 g/mol. The third-order valence-corrected chi connectivity index (χ3v) is 6.52. The van der Waals surface area contributed by atoms with Crippen LogP contribution in [0.25, 0.3) is 11.6 Å². The maximum atomic E-state index is 13.4. The monoisotopic (exact) mass is 442 g/mol. The van der Waals surface area contributed by atoms with Crippen LogP contribution >= 0.6 is 0 Å². The first-order chi connectivity index (χ1) is 15.4. The number of benzene rings is 1. The summed E-state index contributed by atoms with van der Waals surface area (Å²) in [4.78, 5) is 17.0. The summed E-state index contributed by atoms with van der Waals surface area (Å²) in [5.41, 5.74) is 1.14. The Morgan fingerprint density at radius 1 is 1.25 bits per heavy atom. The number of carbonyl (C=O) groups is 1. The number of esters is 1. The number of hydrogen-bond donors (Lipinski definition) is 0. The molecular formula is C23H24F2N4O3. The van der Waals surface area contributed by atoms with Gasteiger partial charge in [-0.15, -0.1) is 0 Å². The second kappa shape index (κ2) is 7.50. The van der Waals surface area contributed by atoms with Gasteiger partial charge in [-0.2, -0.15) is 10.1 Å². The fourth-order valence-corrected chi connectivity index (χ4v) is 4.35. The number of alkyl halides is 2. The molecule has 0 N–H and O–H groups in total. The Labute approximate surface area is 183 Å². The van der Waals surface area contributed by atoms with E-state index >= 15 is 0 Å². The predicted molar refractivity (Wildman–Crippen MR) is 110 cm³/mol. The van der Waals surface area contributed by atoms with Crippen LogP contribution in [0.15, 0.2) is 34.9 Å². The van der Waals surface area contributed by atoms with E-state index in [9.17, 15) is 13.6 Å². The van der Waals surface area contributed by atoms with Crippen molar-refractivity contribution in [1.29, 1.82) is 0 Å². The van der Waals surface area contributed by atoms with Gasteiger partial charge in [-0.05, 0) is 56.7 Å². The fourth-order valence-electron chi connectivity index (χ4n) is 4.35. The number of aryl methyl sites for hydroxylation is 1. The molecule has 2 heterocycles. The van der Waals surface area contributed by atoms with Crippen LogP contribution in [0.3, 0.4) is 0 Å². The minimum atomic E-state index is -2.75. The summed E-state index contributed by atoms with van der Waals surface area (Å²) in [5, 5.41) is 8.25. The maximum Gasteiger partial charge on any atom is 0.313 e. The lowest BCUT2D eigenvalue weighted by Gasteiger charge is -2.15. The van der Waals surface area contributed by atoms with Gasteiger partial charge in [0.05, 0.1) is 24.0 Å². The van der Waals surface area contributed by atoms with Crippen molar-refractivity contribution in [3.63, 3.8) is 0 Å². The predicted octanol–water partition coefficient (Wildman–Crippen LogP) is 4.60. The highest BCUT2D eigenvalue weighted by molar-refractivity contribution is 5.79. The third-order valence-electron chi connectivity index (χ3n) is 6.52. The Bertz CT molecular complexity index is 1160. The standard InChI is InChI=1S/C23H24F2N4O3/c1-3-31-21(30)22(8-9-22)13-29-17(12-16(27-29)18(24)25)19-26-20(28-32-19)23(10-11-23)15-7-5-4-6-14(15)2/h4-7,12,18H,3,8-11,13H2,1-2H3. The van der Waals surface area contributed by atoms with E-state index in [-0.39, 0.29) is 41.8 Å². The van der Waals surface area contributed by atoms with Crippen LogP contribution in [0.4, 0.5) is 8.78 Å². The van der Waals surface area contributed by atoms with Crippen LogP contribution in [0.5, 0.6) is 0 Å². The Morgan fingerprint density at radius 2 is 2.00 bits per heavy atom. The highest BCUT2D eigenvalue weighted by atomic mass is 19.3. The minimum absolute atomic E-state index is 0.124. The lowest BCUT2D eigenvalue weighted by Crippen LogP contribution is -2.25. The largest absolute Gasteiger partial charge is 0.466 e. The fraction of sp³-hybridized carbons (Fsp3) is 0.478. The van der Waals surface area contributed by atoms with Crippen LogP contribution in [0, 0.1) is 12.3 Å². The Kier molecular flexibility index (Phi) is 4.87. The molecule has 0 aliphatic heterocycles. The molecule has 0 unspecified atom stereocenters. The first-order valence-corrected chi connectivity index (χ1v) is 10.8. The van der Waals surface area contributed by atoms with Crippen molar-refractivity contribution >= 4 is 5.97 Å². The maximum absolute atomic E-state index is 13.4. The average Bonchev–Trinajstić information content (AvgIpc) is 3.64. The van der Waals surface area contributed by atoms with Gasteiger partial charge in [0.15, 0.2) is 5.82 Å². The number of aromatic nitrogens is 4. The second-order valence-corrected chi connectivity index (χ2v) is 8.73. The number of hydrogen-bond acceptors (Lipinski definition) is 6. The molecule has 2 saturated carbocycles. The van der Waals surface area contributed by atoms with Gasteiger partial charge in [0, 0.05) is 0 Å². The molecule has 0 spiro atoms. The lowest BCUT2D eigenvalue weighted by molar-refractivity contribution is -0.150. The molecule has 1 aromatic carbocycles. The zero-order valence-electron chi connectivity index (χ0n) is 18.0. The van der Waals surface area contributed by atoms with E-state index in [2.05, 4.69) is 21.3 Å². The summed E-state index contributed by atoms with van der Waals surface area (Å²) >= 11 is 0. The summed E-state index contributed by atoms with van der Waals surface area (Å²) in [7, 11) is 0. The SMILES string of the molecule is CCOC(=O)C1(Cn2nc(C(F)F)cc2-c2nc(C3(c4ccccc4C)CC3)no2)CC1. The van der Waals surface area contributed by atoms with Gasteiger partial charge in [-0.25, -0.2) is 8.78 Å². The zero-order valence-corrected chi connectivity index (χ0v) is 18.0. The van der Waals surface area contributed by atoms with E-state index in [1.54, 1.807) is 6.92 Å². The number of carbonyl (C=O) groups excluding carboxylic acids is 1. The van der Waals surface area contributed by atoms with Gasteiger partial charge in [0.25, 0.3) is 12.3 Å². The molecule has 7 nitrogen and oxygen atoms in total. The molecule has 2 aliphatic rings. The first kappa shape index (κ1) is 20.8. The average molecular weight is 442 g/mol. The van der Waals surface area contributed by atoms with Gasteiger partial charge < -0.3 is 9.26 Å². The van der Waals surface area contributed by atoms with E-state index in [0.29, 0.717) is 18.7 Å². The van der Waals surface area contributed by atoms with Gasteiger partial charge >= 0.3 is 5.97 Å². The van der Waals surface area contributed by atoms with Crippen molar-refractivity contribution in [3.8, 4) is 11.6 Å². The van der Waals surface area contributed by atoms with Gasteiger partial charge in [-0.3, -0.25) is 9.48 Å². The van der Waals surface area contributed by atoms with Crippen molar-refractivity contribution in [2.75, 3.05) is 6.61 Å². The van der Waals surface area contributed by atoms with Crippen molar-refractivity contribution in [1.82, 2.24) is 19.9 Å². The third kappa shape index (κ3) is 3.40. The number of nitrogens with zero attached hydrogens (tertiary/aromatic N) is 4. The number of rotatable bonds is 8. The Hall–Kier alpha value is -3.10. The summed E-state index contributed by atoms with van der Waals surface area (Å²) < 4.78 is 39.0. The highest BCUT2D eigenvalue weighted by Gasteiger charge is 2.53. The number of ether oxygens (including phenoxy) is 1. The molecule has 2 aromatic heterocycles. The molecule has 2 aliphatic carbocycles. The normalized spacial score (nSPS) is 18.0. The van der Waals surface area contributed by atoms with Crippen molar-refractivity contribution in [2.24, 2.45) is 5.41 Å². The van der Waals surface area contributed by atoms with Gasteiger partial charge in [0.2, 0.25) is 0 Å². The van der Waals surface area contributed by atoms with Crippen LogP contribution in [0.2, 0.25) is 0 Å². The molecule has 32 heavy (non-hydrogen) atoms. The minimum Gasteiger partial charge on any atom is -0.466 e. The Balaban J connectivity index is 1.49. The molecule has 0 atom stereocenters. The van der Waals surface area contributed by atoms with Crippen LogP contribution in [-0.4, -0.2) is 32.5 Å². The Morgan fingerprint density at radius 3 is 2.62 bits per heavy atom. The lowest BCUT2D eigenvalue weighted by atomic mass is 9.91. The first-order valence-electron chi connectivity index (χ1n) is 10.8. The van der Waals surface area contributed by atoms with E-state index in [1.165, 1.54) is 10.7 Å². The van der Waals surface area contributed by atoms with E-state index in [1.807, 2.05) is 25.1 Å². The summed E-state index contributed by atoms with van der Waals surface area (Å²) in [5.74, 6) is 0.335. The highest BCUT2D eigenvalue weighted by Crippen LogP contribution is 2.53. The molecule has 2 fully saturated rings. The summed E-state index contributed by atoms with van der Waals surface area (Å²) in [6.45, 7) is 4.19. The smallest absolute Gasteiger partial charge is 0.313 e. The zero-order chi connectivity index (χ0) is 22.5. The second-order valence-electron chi connectivity index (χ2n) is 8.73.